The average molecular weight is 447 g/mol. The Hall–Kier alpha value is -2.36. The van der Waals surface area contributed by atoms with Crippen LogP contribution in [0, 0.1) is 0 Å². The molecule has 1 amide bonds. The molecule has 1 N–H and O–H groups in total. The van der Waals surface area contributed by atoms with Gasteiger partial charge in [0, 0.05) is 18.7 Å². The van der Waals surface area contributed by atoms with Gasteiger partial charge in [0.25, 0.3) is 5.91 Å². The summed E-state index contributed by atoms with van der Waals surface area (Å²) >= 11 is 1.47. The van der Waals surface area contributed by atoms with Crippen LogP contribution in [-0.4, -0.2) is 41.7 Å². The fourth-order valence-electron chi connectivity index (χ4n) is 3.02. The van der Waals surface area contributed by atoms with Crippen LogP contribution < -0.4 is 5.32 Å². The molecule has 7 nitrogen and oxygen atoms in total. The second kappa shape index (κ2) is 10.1. The predicted octanol–water partition coefficient (Wildman–Crippen LogP) is 4.53. The number of thiophene rings is 1. The topological polar surface area (TPSA) is 92.3 Å². The molecule has 0 bridgehead atoms. The molecular weight excluding hydrogens is 420 g/mol. The van der Waals surface area contributed by atoms with Crippen LogP contribution in [0.3, 0.4) is 0 Å². The lowest BCUT2D eigenvalue weighted by atomic mass is 10.2. The summed E-state index contributed by atoms with van der Waals surface area (Å²) in [5.41, 5.74) is 0.365. The third-order valence-electron chi connectivity index (χ3n) is 4.77. The smallest absolute Gasteiger partial charge is 0.256 e. The van der Waals surface area contributed by atoms with Crippen LogP contribution in [0.2, 0.25) is 0 Å². The van der Waals surface area contributed by atoms with Gasteiger partial charge in [-0.05, 0) is 48.6 Å². The summed E-state index contributed by atoms with van der Waals surface area (Å²) in [7, 11) is -3.59. The van der Waals surface area contributed by atoms with Gasteiger partial charge in [-0.1, -0.05) is 26.7 Å². The summed E-state index contributed by atoms with van der Waals surface area (Å²) in [6, 6.07) is 7.91. The number of unbranched alkanes of at least 4 members (excludes halogenated alkanes) is 2. The number of nitrogens with one attached hydrogen (secondary N) is 1. The highest BCUT2D eigenvalue weighted by Gasteiger charge is 2.24. The number of anilines is 1. The van der Waals surface area contributed by atoms with Crippen LogP contribution in [0.5, 0.6) is 0 Å². The van der Waals surface area contributed by atoms with Gasteiger partial charge >= 0.3 is 0 Å². The van der Waals surface area contributed by atoms with Gasteiger partial charge < -0.3 is 5.32 Å². The average Bonchev–Trinajstić information content (AvgIpc) is 3.23. The SMILES string of the molecule is CCCCN(CCCC)S(=O)(=O)c1ccc(C(=O)Nc2ncnc3sccc23)cc1. The largest absolute Gasteiger partial charge is 0.306 e. The molecule has 30 heavy (non-hydrogen) atoms. The highest BCUT2D eigenvalue weighted by atomic mass is 32.2. The minimum atomic E-state index is -3.59. The van der Waals surface area contributed by atoms with Crippen molar-refractivity contribution in [2.24, 2.45) is 0 Å². The summed E-state index contributed by atoms with van der Waals surface area (Å²) in [4.78, 5) is 21.9. The first kappa shape index (κ1) is 22.3. The minimum Gasteiger partial charge on any atom is -0.306 e. The number of carbonyl (C=O) groups is 1. The summed E-state index contributed by atoms with van der Waals surface area (Å²) in [6.45, 7) is 5.09. The van der Waals surface area contributed by atoms with Crippen molar-refractivity contribution in [1.82, 2.24) is 14.3 Å². The minimum absolute atomic E-state index is 0.202. The lowest BCUT2D eigenvalue weighted by Gasteiger charge is -2.22. The van der Waals surface area contributed by atoms with Crippen molar-refractivity contribution >= 4 is 43.3 Å². The monoisotopic (exact) mass is 446 g/mol. The highest BCUT2D eigenvalue weighted by Crippen LogP contribution is 2.24. The number of sulfonamides is 1. The third kappa shape index (κ3) is 5.03. The Balaban J connectivity index is 1.77. The fraction of sp³-hybridized carbons (Fsp3) is 0.381. The van der Waals surface area contributed by atoms with Gasteiger partial charge in [0.15, 0.2) is 0 Å². The Morgan fingerprint density at radius 3 is 2.33 bits per heavy atom. The van der Waals surface area contributed by atoms with E-state index in [1.165, 1.54) is 41.9 Å². The van der Waals surface area contributed by atoms with E-state index in [9.17, 15) is 13.2 Å². The standard InChI is InChI=1S/C21H26N4O3S2/c1-3-5-12-25(13-6-4-2)30(27,28)17-9-7-16(8-10-17)20(26)24-19-18-11-14-29-21(18)23-15-22-19/h7-11,14-15H,3-6,12-13H2,1-2H3,(H,22,23,24,26). The van der Waals surface area contributed by atoms with E-state index in [2.05, 4.69) is 15.3 Å². The van der Waals surface area contributed by atoms with E-state index in [0.717, 1.165) is 35.9 Å². The summed E-state index contributed by atoms with van der Waals surface area (Å²) < 4.78 is 27.6. The number of carbonyl (C=O) groups excluding carboxylic acids is 1. The number of aromatic nitrogens is 2. The van der Waals surface area contributed by atoms with Crippen LogP contribution in [0.1, 0.15) is 49.9 Å². The van der Waals surface area contributed by atoms with Gasteiger partial charge in [0.2, 0.25) is 10.0 Å². The van der Waals surface area contributed by atoms with E-state index in [0.29, 0.717) is 24.5 Å². The summed E-state index contributed by atoms with van der Waals surface area (Å²) in [5, 5.41) is 5.44. The van der Waals surface area contributed by atoms with Crippen LogP contribution in [0.15, 0.2) is 46.9 Å². The number of rotatable bonds is 10. The molecule has 160 valence electrons. The van der Waals surface area contributed by atoms with Gasteiger partial charge in [-0.15, -0.1) is 11.3 Å². The lowest BCUT2D eigenvalue weighted by Crippen LogP contribution is -2.33. The van der Waals surface area contributed by atoms with Crippen LogP contribution >= 0.6 is 11.3 Å². The highest BCUT2D eigenvalue weighted by molar-refractivity contribution is 7.89. The Morgan fingerprint density at radius 2 is 1.70 bits per heavy atom. The molecule has 0 saturated carbocycles. The number of nitrogens with zero attached hydrogens (tertiary/aromatic N) is 3. The molecule has 0 radical (unpaired) electrons. The molecule has 9 heteroatoms. The van der Waals surface area contributed by atoms with E-state index in [1.54, 1.807) is 4.31 Å². The molecule has 3 rings (SSSR count). The van der Waals surface area contributed by atoms with Gasteiger partial charge in [-0.25, -0.2) is 18.4 Å². The van der Waals surface area contributed by atoms with Crippen molar-refractivity contribution in [3.8, 4) is 0 Å². The van der Waals surface area contributed by atoms with E-state index in [-0.39, 0.29) is 10.8 Å². The molecule has 0 spiro atoms. The van der Waals surface area contributed by atoms with E-state index >= 15 is 0 Å². The van der Waals surface area contributed by atoms with Gasteiger partial charge in [0.05, 0.1) is 10.3 Å². The zero-order chi connectivity index (χ0) is 21.6. The molecule has 0 saturated heterocycles. The number of hydrogen-bond acceptors (Lipinski definition) is 6. The molecule has 0 fully saturated rings. The number of fused-ring (bicyclic) bond motifs is 1. The van der Waals surface area contributed by atoms with E-state index in [4.69, 9.17) is 0 Å². The molecule has 1 aromatic carbocycles. The Bertz CT molecular complexity index is 1090. The van der Waals surface area contributed by atoms with Gasteiger partial charge in [0.1, 0.15) is 17.0 Å². The maximum atomic E-state index is 13.0. The molecule has 0 aliphatic rings. The summed E-state index contributed by atoms with van der Waals surface area (Å²) in [5.74, 6) is 0.0900. The molecule has 2 aromatic heterocycles. The maximum absolute atomic E-state index is 13.0. The molecule has 0 atom stereocenters. The van der Waals surface area contributed by atoms with Crippen molar-refractivity contribution in [1.29, 1.82) is 0 Å². The van der Waals surface area contributed by atoms with Crippen molar-refractivity contribution < 1.29 is 13.2 Å². The zero-order valence-corrected chi connectivity index (χ0v) is 18.8. The fourth-order valence-corrected chi connectivity index (χ4v) is 5.27. The molecule has 2 heterocycles. The van der Waals surface area contributed by atoms with Crippen molar-refractivity contribution in [3.63, 3.8) is 0 Å². The normalized spacial score (nSPS) is 11.8. The molecular formula is C21H26N4O3S2. The van der Waals surface area contributed by atoms with Crippen LogP contribution in [-0.2, 0) is 10.0 Å². The van der Waals surface area contributed by atoms with Gasteiger partial charge in [-0.3, -0.25) is 4.79 Å². The molecule has 0 aliphatic carbocycles. The Kier molecular flexibility index (Phi) is 7.52. The second-order valence-corrected chi connectivity index (χ2v) is 9.78. The zero-order valence-electron chi connectivity index (χ0n) is 17.2. The molecule has 0 unspecified atom stereocenters. The lowest BCUT2D eigenvalue weighted by molar-refractivity contribution is 0.102. The van der Waals surface area contributed by atoms with Crippen molar-refractivity contribution in [3.05, 3.63) is 47.6 Å². The van der Waals surface area contributed by atoms with E-state index in [1.807, 2.05) is 25.3 Å². The maximum Gasteiger partial charge on any atom is 0.256 e. The Morgan fingerprint density at radius 1 is 1.03 bits per heavy atom. The quantitative estimate of drug-likeness (QED) is 0.494. The van der Waals surface area contributed by atoms with Crippen molar-refractivity contribution in [2.75, 3.05) is 18.4 Å². The number of amides is 1. The number of hydrogen-bond donors (Lipinski definition) is 1. The second-order valence-electron chi connectivity index (χ2n) is 6.95. The first-order chi connectivity index (χ1) is 14.5. The molecule has 3 aromatic rings. The first-order valence-electron chi connectivity index (χ1n) is 10.1. The number of benzene rings is 1. The van der Waals surface area contributed by atoms with Crippen LogP contribution in [0.4, 0.5) is 5.82 Å². The summed E-state index contributed by atoms with van der Waals surface area (Å²) in [6.07, 6.45) is 4.90. The molecule has 0 aliphatic heterocycles. The predicted molar refractivity (Wildman–Crippen MR) is 120 cm³/mol. The van der Waals surface area contributed by atoms with Gasteiger partial charge in [-0.2, -0.15) is 4.31 Å². The van der Waals surface area contributed by atoms with Crippen molar-refractivity contribution in [2.45, 2.75) is 44.4 Å². The third-order valence-corrected chi connectivity index (χ3v) is 7.50. The van der Waals surface area contributed by atoms with Crippen LogP contribution in [0.25, 0.3) is 10.2 Å². The Labute approximate surface area is 181 Å². The van der Waals surface area contributed by atoms with E-state index < -0.39 is 10.0 Å². The first-order valence-corrected chi connectivity index (χ1v) is 12.4.